The number of halogens is 3. The lowest BCUT2D eigenvalue weighted by Crippen LogP contribution is -2.27. The Labute approximate surface area is 290 Å². The number of anilines is 1. The monoisotopic (exact) mass is 721 g/mol. The van der Waals surface area contributed by atoms with Crippen molar-refractivity contribution < 1.29 is 35.9 Å². The lowest BCUT2D eigenvalue weighted by molar-refractivity contribution is 0.0547. The molecule has 3 aromatic carbocycles. The average molecular weight is 722 g/mol. The summed E-state index contributed by atoms with van der Waals surface area (Å²) < 4.78 is 70.1. The fraction of sp³-hybridized carbons (Fsp3) is 0.200. The third-order valence-corrected chi connectivity index (χ3v) is 9.10. The number of sulfonamides is 1. The van der Waals surface area contributed by atoms with Crippen molar-refractivity contribution in [1.29, 1.82) is 0 Å². The molecule has 6 rings (SSSR count). The molecule has 1 amide bonds. The van der Waals surface area contributed by atoms with Gasteiger partial charge in [-0.1, -0.05) is 6.07 Å². The summed E-state index contributed by atoms with van der Waals surface area (Å²) in [5.74, 6) is -1.77. The zero-order valence-electron chi connectivity index (χ0n) is 27.4. The number of benzene rings is 3. The number of rotatable bonds is 7. The Hall–Kier alpha value is -5.34. The quantitative estimate of drug-likeness (QED) is 0.158. The molecule has 50 heavy (non-hydrogen) atoms. The van der Waals surface area contributed by atoms with Gasteiger partial charge in [0.15, 0.2) is 0 Å². The summed E-state index contributed by atoms with van der Waals surface area (Å²) in [6.45, 7) is 6.53. The van der Waals surface area contributed by atoms with Gasteiger partial charge in [-0.2, -0.15) is 0 Å². The lowest BCUT2D eigenvalue weighted by Gasteiger charge is -2.21. The molecule has 0 fully saturated rings. The van der Waals surface area contributed by atoms with Crippen LogP contribution in [0.4, 0.5) is 19.3 Å². The Kier molecular flexibility index (Phi) is 8.87. The van der Waals surface area contributed by atoms with E-state index in [9.17, 15) is 22.4 Å². The SMILES string of the molecule is CCS(=O)(=O)Nc1cc2oc(-c3ccc(F)cc3)c(C(=O)NC)c2cc1-c1cc(-c2cc3c(F)cccc3n2C(=O)OC(C)(C)C)nc(Cl)n1. The van der Waals surface area contributed by atoms with Crippen molar-refractivity contribution in [2.24, 2.45) is 0 Å². The van der Waals surface area contributed by atoms with Crippen LogP contribution in [0.25, 0.3) is 55.8 Å². The highest BCUT2D eigenvalue weighted by Gasteiger charge is 2.28. The van der Waals surface area contributed by atoms with Crippen LogP contribution in [0.3, 0.4) is 0 Å². The van der Waals surface area contributed by atoms with E-state index in [4.69, 9.17) is 20.8 Å². The van der Waals surface area contributed by atoms with E-state index in [1.54, 1.807) is 26.8 Å². The molecule has 0 spiro atoms. The van der Waals surface area contributed by atoms with E-state index in [-0.39, 0.29) is 72.6 Å². The second-order valence-corrected chi connectivity index (χ2v) is 14.6. The first-order valence-corrected chi connectivity index (χ1v) is 17.3. The van der Waals surface area contributed by atoms with Gasteiger partial charge < -0.3 is 14.5 Å². The van der Waals surface area contributed by atoms with Crippen molar-refractivity contribution in [2.45, 2.75) is 33.3 Å². The van der Waals surface area contributed by atoms with Crippen LogP contribution in [-0.4, -0.2) is 53.4 Å². The number of nitrogens with one attached hydrogen (secondary N) is 2. The van der Waals surface area contributed by atoms with Crippen LogP contribution in [0.5, 0.6) is 0 Å². The van der Waals surface area contributed by atoms with Crippen LogP contribution in [0.2, 0.25) is 5.28 Å². The molecule has 0 bridgehead atoms. The third kappa shape index (κ3) is 6.63. The highest BCUT2D eigenvalue weighted by Crippen LogP contribution is 2.41. The number of hydrogen-bond acceptors (Lipinski definition) is 8. The lowest BCUT2D eigenvalue weighted by atomic mass is 10.0. The van der Waals surface area contributed by atoms with Crippen LogP contribution < -0.4 is 10.0 Å². The number of nitrogens with zero attached hydrogens (tertiary/aromatic N) is 3. The number of aromatic nitrogens is 3. The first-order chi connectivity index (χ1) is 23.6. The Morgan fingerprint density at radius 3 is 2.34 bits per heavy atom. The molecule has 0 aliphatic heterocycles. The highest BCUT2D eigenvalue weighted by atomic mass is 35.5. The van der Waals surface area contributed by atoms with E-state index in [0.717, 1.165) is 0 Å². The Balaban J connectivity index is 1.63. The fourth-order valence-electron chi connectivity index (χ4n) is 5.41. The Morgan fingerprint density at radius 1 is 0.980 bits per heavy atom. The van der Waals surface area contributed by atoms with Crippen LogP contribution >= 0.6 is 11.6 Å². The summed E-state index contributed by atoms with van der Waals surface area (Å²) in [6, 6.07) is 15.4. The van der Waals surface area contributed by atoms with E-state index in [2.05, 4.69) is 20.0 Å². The zero-order valence-corrected chi connectivity index (χ0v) is 29.0. The van der Waals surface area contributed by atoms with E-state index in [1.165, 1.54) is 79.2 Å². The number of carbonyl (C=O) groups is 2. The second kappa shape index (κ2) is 12.8. The second-order valence-electron chi connectivity index (χ2n) is 12.2. The largest absolute Gasteiger partial charge is 0.455 e. The standard InChI is InChI=1S/C35H30ClF2N5O6S/c1-6-50(46,47)42-25-17-29-22(30(32(44)39-5)31(48-29)18-10-12-19(37)13-11-18)14-21(25)24-16-26(41-33(36)40-24)28-15-20-23(38)8-7-9-27(20)43(28)34(45)49-35(2,3)4/h7-17,42H,6H2,1-5H3,(H,39,44). The molecule has 3 heterocycles. The van der Waals surface area contributed by atoms with Gasteiger partial charge in [0.1, 0.15) is 28.6 Å². The molecule has 258 valence electrons. The van der Waals surface area contributed by atoms with Crippen molar-refractivity contribution >= 4 is 61.2 Å². The first-order valence-electron chi connectivity index (χ1n) is 15.3. The predicted octanol–water partition coefficient (Wildman–Crippen LogP) is 8.01. The molecule has 11 nitrogen and oxygen atoms in total. The third-order valence-electron chi connectivity index (χ3n) is 7.64. The summed E-state index contributed by atoms with van der Waals surface area (Å²) in [5.41, 5.74) is 0.439. The molecule has 0 saturated carbocycles. The van der Waals surface area contributed by atoms with Gasteiger partial charge in [-0.05, 0) is 93.9 Å². The molecule has 0 aliphatic carbocycles. The number of furan rings is 1. The molecule has 0 atom stereocenters. The molecular weight excluding hydrogens is 692 g/mol. The molecule has 0 aliphatic rings. The highest BCUT2D eigenvalue weighted by molar-refractivity contribution is 7.92. The molecule has 0 radical (unpaired) electrons. The van der Waals surface area contributed by atoms with Crippen LogP contribution in [-0.2, 0) is 14.8 Å². The average Bonchev–Trinajstić information content (AvgIpc) is 3.63. The van der Waals surface area contributed by atoms with E-state index < -0.39 is 39.3 Å². The smallest absolute Gasteiger partial charge is 0.419 e. The minimum Gasteiger partial charge on any atom is -0.455 e. The summed E-state index contributed by atoms with van der Waals surface area (Å²) >= 11 is 6.48. The predicted molar refractivity (Wildman–Crippen MR) is 187 cm³/mol. The van der Waals surface area contributed by atoms with Gasteiger partial charge in [0.2, 0.25) is 15.3 Å². The molecule has 3 aromatic heterocycles. The topological polar surface area (TPSA) is 145 Å². The molecular formula is C35H30ClF2N5O6S. The number of carbonyl (C=O) groups excluding carboxylic acids is 2. The van der Waals surface area contributed by atoms with E-state index >= 15 is 4.39 Å². The maximum absolute atomic E-state index is 15.0. The van der Waals surface area contributed by atoms with Gasteiger partial charge in [0.25, 0.3) is 5.91 Å². The van der Waals surface area contributed by atoms with Crippen molar-refractivity contribution in [3.8, 4) is 34.0 Å². The van der Waals surface area contributed by atoms with Crippen molar-refractivity contribution in [3.05, 3.63) is 89.2 Å². The van der Waals surface area contributed by atoms with Crippen molar-refractivity contribution in [3.63, 3.8) is 0 Å². The van der Waals surface area contributed by atoms with E-state index in [0.29, 0.717) is 5.56 Å². The van der Waals surface area contributed by atoms with Crippen LogP contribution in [0, 0.1) is 11.6 Å². The maximum Gasteiger partial charge on any atom is 0.419 e. The molecule has 0 unspecified atom stereocenters. The van der Waals surface area contributed by atoms with Gasteiger partial charge in [0, 0.05) is 35.0 Å². The summed E-state index contributed by atoms with van der Waals surface area (Å²) in [6.07, 6.45) is -0.802. The minimum atomic E-state index is -3.88. The molecule has 15 heteroatoms. The van der Waals surface area contributed by atoms with Gasteiger partial charge >= 0.3 is 6.09 Å². The van der Waals surface area contributed by atoms with Crippen molar-refractivity contribution in [2.75, 3.05) is 17.5 Å². The molecule has 6 aromatic rings. The van der Waals surface area contributed by atoms with Gasteiger partial charge in [0.05, 0.1) is 39.6 Å². The Morgan fingerprint density at radius 2 is 1.68 bits per heavy atom. The normalized spacial score (nSPS) is 12.0. The van der Waals surface area contributed by atoms with Gasteiger partial charge in [-0.25, -0.2) is 36.5 Å². The van der Waals surface area contributed by atoms with Crippen molar-refractivity contribution in [1.82, 2.24) is 19.9 Å². The van der Waals surface area contributed by atoms with Gasteiger partial charge in [-0.15, -0.1) is 0 Å². The summed E-state index contributed by atoms with van der Waals surface area (Å²) in [7, 11) is -2.44. The fourth-order valence-corrected chi connectivity index (χ4v) is 6.24. The van der Waals surface area contributed by atoms with Crippen LogP contribution in [0.1, 0.15) is 38.1 Å². The van der Waals surface area contributed by atoms with Crippen LogP contribution in [0.15, 0.2) is 71.1 Å². The maximum atomic E-state index is 15.0. The van der Waals surface area contributed by atoms with E-state index in [1.807, 2.05) is 0 Å². The summed E-state index contributed by atoms with van der Waals surface area (Å²) in [4.78, 5) is 35.5. The Bertz CT molecular complexity index is 2440. The molecule has 0 saturated heterocycles. The first kappa shape index (κ1) is 34.5. The number of fused-ring (bicyclic) bond motifs is 2. The summed E-state index contributed by atoms with van der Waals surface area (Å²) in [5, 5.41) is 2.69. The zero-order chi connectivity index (χ0) is 36.1. The molecule has 2 N–H and O–H groups in total. The number of hydrogen-bond donors (Lipinski definition) is 2. The number of ether oxygens (including phenoxy) is 1. The number of amides is 1. The minimum absolute atomic E-state index is 0.0293. The van der Waals surface area contributed by atoms with Gasteiger partial charge in [-0.3, -0.25) is 9.52 Å².